The molecule has 0 unspecified atom stereocenters. The first-order valence-corrected chi connectivity index (χ1v) is 9.13. The monoisotopic (exact) mass is 378 g/mol. The number of hydroxylamine groups is 1. The highest BCUT2D eigenvalue weighted by atomic mass is 16.5. The topological polar surface area (TPSA) is 91.6 Å². The Kier molecular flexibility index (Phi) is 6.24. The van der Waals surface area contributed by atoms with Crippen LogP contribution >= 0.6 is 0 Å². The highest BCUT2D eigenvalue weighted by Crippen LogP contribution is 2.23. The minimum atomic E-state index is -0.732. The van der Waals surface area contributed by atoms with Crippen molar-refractivity contribution in [1.82, 2.24) is 10.8 Å². The van der Waals surface area contributed by atoms with E-state index in [1.54, 1.807) is 18.2 Å². The highest BCUT2D eigenvalue weighted by molar-refractivity contribution is 5.95. The van der Waals surface area contributed by atoms with Crippen molar-refractivity contribution in [2.45, 2.75) is 25.8 Å². The van der Waals surface area contributed by atoms with Crippen LogP contribution in [0.15, 0.2) is 71.1 Å². The van der Waals surface area contributed by atoms with Crippen LogP contribution in [0, 0.1) is 0 Å². The first kappa shape index (κ1) is 19.4. The number of amides is 2. The molecule has 144 valence electrons. The molecule has 0 saturated carbocycles. The van der Waals surface area contributed by atoms with Crippen LogP contribution in [0.25, 0.3) is 11.1 Å². The van der Waals surface area contributed by atoms with Gasteiger partial charge in [0.1, 0.15) is 5.76 Å². The summed E-state index contributed by atoms with van der Waals surface area (Å²) in [5.74, 6) is -0.498. The largest absolute Gasteiger partial charge is 0.454 e. The Morgan fingerprint density at radius 2 is 1.61 bits per heavy atom. The fourth-order valence-electron chi connectivity index (χ4n) is 2.98. The molecule has 0 radical (unpaired) electrons. The van der Waals surface area contributed by atoms with Crippen LogP contribution in [-0.2, 0) is 0 Å². The van der Waals surface area contributed by atoms with Gasteiger partial charge in [-0.3, -0.25) is 14.8 Å². The molecule has 1 heterocycles. The molecule has 2 amide bonds. The molecule has 0 aliphatic carbocycles. The van der Waals surface area contributed by atoms with Crippen LogP contribution in [0.4, 0.5) is 0 Å². The molecular weight excluding hydrogens is 356 g/mol. The Labute approximate surface area is 163 Å². The average molecular weight is 378 g/mol. The summed E-state index contributed by atoms with van der Waals surface area (Å²) in [6, 6.07) is 20.1. The molecule has 6 nitrogen and oxygen atoms in total. The predicted octanol–water partition coefficient (Wildman–Crippen LogP) is 4.34. The van der Waals surface area contributed by atoms with Gasteiger partial charge < -0.3 is 9.73 Å². The molecule has 0 aliphatic rings. The second kappa shape index (κ2) is 9.01. The van der Waals surface area contributed by atoms with Crippen LogP contribution in [0.2, 0.25) is 0 Å². The van der Waals surface area contributed by atoms with Crippen molar-refractivity contribution in [2.24, 2.45) is 0 Å². The predicted molar refractivity (Wildman–Crippen MR) is 105 cm³/mol. The van der Waals surface area contributed by atoms with E-state index in [0.29, 0.717) is 17.7 Å². The molecule has 6 heteroatoms. The van der Waals surface area contributed by atoms with E-state index in [0.717, 1.165) is 17.5 Å². The van der Waals surface area contributed by atoms with E-state index in [-0.39, 0.29) is 17.7 Å². The van der Waals surface area contributed by atoms with Crippen molar-refractivity contribution in [3.8, 4) is 11.1 Å². The number of hydrogen-bond acceptors (Lipinski definition) is 4. The van der Waals surface area contributed by atoms with Crippen molar-refractivity contribution in [1.29, 1.82) is 0 Å². The van der Waals surface area contributed by atoms with Crippen LogP contribution in [-0.4, -0.2) is 17.0 Å². The Bertz CT molecular complexity index is 933. The molecule has 28 heavy (non-hydrogen) atoms. The van der Waals surface area contributed by atoms with Gasteiger partial charge >= 0.3 is 5.91 Å². The lowest BCUT2D eigenvalue weighted by Crippen LogP contribution is -2.28. The molecule has 1 atom stereocenters. The third-order valence-corrected chi connectivity index (χ3v) is 4.43. The van der Waals surface area contributed by atoms with Crippen LogP contribution in [0.1, 0.15) is 52.5 Å². The van der Waals surface area contributed by atoms with E-state index in [9.17, 15) is 9.59 Å². The summed E-state index contributed by atoms with van der Waals surface area (Å²) in [6.07, 6.45) is 1.47. The Morgan fingerprint density at radius 1 is 0.929 bits per heavy atom. The first-order chi connectivity index (χ1) is 13.6. The fourth-order valence-corrected chi connectivity index (χ4v) is 2.98. The Morgan fingerprint density at radius 3 is 2.25 bits per heavy atom. The van der Waals surface area contributed by atoms with Crippen molar-refractivity contribution in [2.75, 3.05) is 0 Å². The SMILES string of the molecule is CCC[C@H](NC(=O)c1ccc(-c2ccccc2)cc1)c1ccc(C(=O)NO)o1. The first-order valence-electron chi connectivity index (χ1n) is 9.13. The van der Waals surface area contributed by atoms with Gasteiger partial charge in [-0.25, -0.2) is 5.48 Å². The summed E-state index contributed by atoms with van der Waals surface area (Å²) in [5, 5.41) is 11.7. The quantitative estimate of drug-likeness (QED) is 0.421. The maximum atomic E-state index is 12.7. The summed E-state index contributed by atoms with van der Waals surface area (Å²) < 4.78 is 5.48. The van der Waals surface area contributed by atoms with E-state index in [1.165, 1.54) is 11.5 Å². The van der Waals surface area contributed by atoms with Gasteiger partial charge in [-0.2, -0.15) is 0 Å². The number of hydrogen-bond donors (Lipinski definition) is 3. The number of carbonyl (C=O) groups is 2. The molecule has 3 rings (SSSR count). The van der Waals surface area contributed by atoms with E-state index in [2.05, 4.69) is 5.32 Å². The number of carbonyl (C=O) groups excluding carboxylic acids is 2. The Balaban J connectivity index is 1.73. The van der Waals surface area contributed by atoms with Gasteiger partial charge in [-0.05, 0) is 41.8 Å². The summed E-state index contributed by atoms with van der Waals surface area (Å²) in [4.78, 5) is 24.1. The maximum Gasteiger partial charge on any atom is 0.310 e. The molecule has 0 spiro atoms. The van der Waals surface area contributed by atoms with Crippen LogP contribution < -0.4 is 10.8 Å². The summed E-state index contributed by atoms with van der Waals surface area (Å²) in [6.45, 7) is 2.00. The number of benzene rings is 2. The highest BCUT2D eigenvalue weighted by Gasteiger charge is 2.20. The van der Waals surface area contributed by atoms with Crippen molar-refractivity contribution >= 4 is 11.8 Å². The van der Waals surface area contributed by atoms with Crippen molar-refractivity contribution < 1.29 is 19.2 Å². The minimum Gasteiger partial charge on any atom is -0.454 e. The van der Waals surface area contributed by atoms with Crippen LogP contribution in [0.5, 0.6) is 0 Å². The lowest BCUT2D eigenvalue weighted by Gasteiger charge is -2.16. The third kappa shape index (κ3) is 4.47. The standard InChI is InChI=1S/C22H22N2O4/c1-2-6-18(19-13-14-20(28-19)22(26)24-27)23-21(25)17-11-9-16(10-12-17)15-7-4-3-5-8-15/h3-5,7-14,18,27H,2,6H2,1H3,(H,23,25)(H,24,26)/t18-/m0/s1. The third-order valence-electron chi connectivity index (χ3n) is 4.43. The van der Waals surface area contributed by atoms with Gasteiger partial charge in [0.05, 0.1) is 6.04 Å². The molecule has 0 aliphatic heterocycles. The van der Waals surface area contributed by atoms with Gasteiger partial charge in [0, 0.05) is 5.56 Å². The number of furan rings is 1. The zero-order chi connectivity index (χ0) is 19.9. The Hall–Kier alpha value is -3.38. The molecule has 0 bridgehead atoms. The van der Waals surface area contributed by atoms with Gasteiger partial charge in [0.25, 0.3) is 5.91 Å². The van der Waals surface area contributed by atoms with E-state index >= 15 is 0 Å². The summed E-state index contributed by atoms with van der Waals surface area (Å²) in [5.41, 5.74) is 4.19. The average Bonchev–Trinajstić information content (AvgIpc) is 3.24. The molecule has 3 aromatic rings. The smallest absolute Gasteiger partial charge is 0.310 e. The zero-order valence-electron chi connectivity index (χ0n) is 15.5. The summed E-state index contributed by atoms with van der Waals surface area (Å²) >= 11 is 0. The molecule has 1 aromatic heterocycles. The second-order valence-electron chi connectivity index (χ2n) is 6.40. The van der Waals surface area contributed by atoms with Crippen LogP contribution in [0.3, 0.4) is 0 Å². The lowest BCUT2D eigenvalue weighted by molar-refractivity contribution is 0.0673. The molecular formula is C22H22N2O4. The molecule has 2 aromatic carbocycles. The molecule has 3 N–H and O–H groups in total. The molecule has 0 saturated heterocycles. The van der Waals surface area contributed by atoms with E-state index in [1.807, 2.05) is 49.4 Å². The van der Waals surface area contributed by atoms with E-state index in [4.69, 9.17) is 9.62 Å². The number of nitrogens with one attached hydrogen (secondary N) is 2. The summed E-state index contributed by atoms with van der Waals surface area (Å²) in [7, 11) is 0. The van der Waals surface area contributed by atoms with Crippen molar-refractivity contribution in [3.05, 3.63) is 83.8 Å². The number of rotatable bonds is 7. The van der Waals surface area contributed by atoms with E-state index < -0.39 is 5.91 Å². The van der Waals surface area contributed by atoms with Crippen molar-refractivity contribution in [3.63, 3.8) is 0 Å². The lowest BCUT2D eigenvalue weighted by atomic mass is 10.0. The van der Waals surface area contributed by atoms with Gasteiger partial charge in [-0.1, -0.05) is 55.8 Å². The minimum absolute atomic E-state index is 0.0138. The molecule has 0 fully saturated rings. The fraction of sp³-hybridized carbons (Fsp3) is 0.182. The maximum absolute atomic E-state index is 12.7. The van der Waals surface area contributed by atoms with Gasteiger partial charge in [0.15, 0.2) is 5.76 Å². The zero-order valence-corrected chi connectivity index (χ0v) is 15.5. The normalized spacial score (nSPS) is 11.6. The van der Waals surface area contributed by atoms with Gasteiger partial charge in [0.2, 0.25) is 0 Å². The van der Waals surface area contributed by atoms with Gasteiger partial charge in [-0.15, -0.1) is 0 Å². The second-order valence-corrected chi connectivity index (χ2v) is 6.40.